The third-order valence-corrected chi connectivity index (χ3v) is 5.23. The SMILES string of the molecule is C=CC(=O)OCCCCOc1ccc(C(=O)OC2=CC=C(OC(=O)c3ccc(OCC)cc3)CC2)cc1. The predicted molar refractivity (Wildman–Crippen MR) is 136 cm³/mol. The fourth-order valence-electron chi connectivity index (χ4n) is 3.29. The van der Waals surface area contributed by atoms with E-state index in [0.717, 1.165) is 6.08 Å². The van der Waals surface area contributed by atoms with Gasteiger partial charge in [-0.2, -0.15) is 0 Å². The van der Waals surface area contributed by atoms with E-state index in [0.29, 0.717) is 79.6 Å². The first-order valence-corrected chi connectivity index (χ1v) is 12.1. The summed E-state index contributed by atoms with van der Waals surface area (Å²) < 4.78 is 26.8. The molecule has 0 saturated heterocycles. The highest BCUT2D eigenvalue weighted by Crippen LogP contribution is 2.23. The van der Waals surface area contributed by atoms with Gasteiger partial charge in [0.2, 0.25) is 0 Å². The van der Waals surface area contributed by atoms with Gasteiger partial charge in [-0.05, 0) is 80.4 Å². The van der Waals surface area contributed by atoms with Crippen LogP contribution in [0.15, 0.2) is 84.9 Å². The summed E-state index contributed by atoms with van der Waals surface area (Å²) in [6.07, 6.45) is 6.65. The number of esters is 3. The molecular weight excluding hydrogens is 476 g/mol. The summed E-state index contributed by atoms with van der Waals surface area (Å²) in [4.78, 5) is 35.8. The molecule has 8 nitrogen and oxygen atoms in total. The minimum Gasteiger partial charge on any atom is -0.494 e. The van der Waals surface area contributed by atoms with Crippen molar-refractivity contribution in [2.75, 3.05) is 19.8 Å². The Balaban J connectivity index is 1.42. The molecule has 0 atom stereocenters. The Hall–Kier alpha value is -4.33. The summed E-state index contributed by atoms with van der Waals surface area (Å²) in [5.41, 5.74) is 0.813. The lowest BCUT2D eigenvalue weighted by Gasteiger charge is -2.15. The lowest BCUT2D eigenvalue weighted by Crippen LogP contribution is -2.10. The van der Waals surface area contributed by atoms with Crippen LogP contribution in [0.2, 0.25) is 0 Å². The van der Waals surface area contributed by atoms with Crippen molar-refractivity contribution in [1.29, 1.82) is 0 Å². The van der Waals surface area contributed by atoms with Gasteiger partial charge in [0, 0.05) is 18.9 Å². The maximum absolute atomic E-state index is 12.5. The molecule has 0 saturated carbocycles. The zero-order valence-corrected chi connectivity index (χ0v) is 20.8. The molecule has 0 aromatic heterocycles. The minimum atomic E-state index is -0.481. The topological polar surface area (TPSA) is 97.4 Å². The molecule has 0 radical (unpaired) electrons. The number of rotatable bonds is 13. The molecule has 0 unspecified atom stereocenters. The molecule has 1 aliphatic rings. The molecule has 0 amide bonds. The Kier molecular flexibility index (Phi) is 10.5. The highest BCUT2D eigenvalue weighted by atomic mass is 16.5. The lowest BCUT2D eigenvalue weighted by atomic mass is 10.1. The Morgan fingerprint density at radius 2 is 1.24 bits per heavy atom. The average molecular weight is 507 g/mol. The largest absolute Gasteiger partial charge is 0.494 e. The maximum Gasteiger partial charge on any atom is 0.343 e. The number of allylic oxidation sites excluding steroid dienone is 4. The van der Waals surface area contributed by atoms with Gasteiger partial charge in [0.05, 0.1) is 30.9 Å². The number of carbonyl (C=O) groups excluding carboxylic acids is 3. The van der Waals surface area contributed by atoms with Crippen molar-refractivity contribution in [3.63, 3.8) is 0 Å². The summed E-state index contributed by atoms with van der Waals surface area (Å²) in [6, 6.07) is 13.4. The van der Waals surface area contributed by atoms with Crippen LogP contribution in [0.1, 0.15) is 53.3 Å². The summed E-state index contributed by atoms with van der Waals surface area (Å²) in [5, 5.41) is 0. The molecule has 3 rings (SSSR count). The number of carbonyl (C=O) groups is 3. The smallest absolute Gasteiger partial charge is 0.343 e. The summed E-state index contributed by atoms with van der Waals surface area (Å²) in [6.45, 7) is 6.55. The third-order valence-electron chi connectivity index (χ3n) is 5.23. The van der Waals surface area contributed by atoms with E-state index < -0.39 is 17.9 Å². The first-order chi connectivity index (χ1) is 18.0. The van der Waals surface area contributed by atoms with Crippen molar-refractivity contribution in [3.8, 4) is 11.5 Å². The van der Waals surface area contributed by atoms with Crippen LogP contribution in [0.4, 0.5) is 0 Å². The van der Waals surface area contributed by atoms with Crippen molar-refractivity contribution in [1.82, 2.24) is 0 Å². The molecule has 0 bridgehead atoms. The molecule has 8 heteroatoms. The van der Waals surface area contributed by atoms with Crippen molar-refractivity contribution in [2.45, 2.75) is 32.6 Å². The highest BCUT2D eigenvalue weighted by Gasteiger charge is 2.17. The molecule has 0 aliphatic heterocycles. The van der Waals surface area contributed by atoms with Crippen molar-refractivity contribution in [2.24, 2.45) is 0 Å². The molecule has 0 heterocycles. The molecule has 2 aromatic carbocycles. The summed E-state index contributed by atoms with van der Waals surface area (Å²) >= 11 is 0. The van der Waals surface area contributed by atoms with Crippen LogP contribution in [0, 0.1) is 0 Å². The molecule has 2 aromatic rings. The Morgan fingerprint density at radius 1 is 0.757 bits per heavy atom. The molecule has 0 N–H and O–H groups in total. The van der Waals surface area contributed by atoms with E-state index in [9.17, 15) is 14.4 Å². The second kappa shape index (κ2) is 14.3. The van der Waals surface area contributed by atoms with E-state index >= 15 is 0 Å². The van der Waals surface area contributed by atoms with Gasteiger partial charge in [-0.15, -0.1) is 0 Å². The van der Waals surface area contributed by atoms with Crippen LogP contribution in [-0.2, 0) is 19.0 Å². The van der Waals surface area contributed by atoms with Gasteiger partial charge in [0.15, 0.2) is 0 Å². The standard InChI is InChI=1S/C29H30O8/c1-3-27(30)35-20-6-5-19-34-24-13-9-22(10-14-24)29(32)37-26-17-15-25(16-18-26)36-28(31)21-7-11-23(12-8-21)33-4-2/h3,7-15,17H,1,4-6,16,18-20H2,2H3. The van der Waals surface area contributed by atoms with Crippen LogP contribution >= 0.6 is 0 Å². The van der Waals surface area contributed by atoms with Crippen LogP contribution in [0.3, 0.4) is 0 Å². The molecule has 1 aliphatic carbocycles. The first-order valence-electron chi connectivity index (χ1n) is 12.1. The van der Waals surface area contributed by atoms with Crippen molar-refractivity contribution >= 4 is 17.9 Å². The van der Waals surface area contributed by atoms with E-state index in [2.05, 4.69) is 6.58 Å². The fraction of sp³-hybridized carbons (Fsp3) is 0.276. The molecular formula is C29H30O8. The zero-order chi connectivity index (χ0) is 26.5. The van der Waals surface area contributed by atoms with Gasteiger partial charge in [-0.3, -0.25) is 0 Å². The third kappa shape index (κ3) is 9.00. The van der Waals surface area contributed by atoms with Gasteiger partial charge in [0.25, 0.3) is 0 Å². The van der Waals surface area contributed by atoms with Gasteiger partial charge in [-0.25, -0.2) is 14.4 Å². The van der Waals surface area contributed by atoms with Gasteiger partial charge < -0.3 is 23.7 Å². The molecule has 0 spiro atoms. The molecule has 37 heavy (non-hydrogen) atoms. The average Bonchev–Trinajstić information content (AvgIpc) is 2.92. The molecule has 0 fully saturated rings. The zero-order valence-electron chi connectivity index (χ0n) is 20.8. The summed E-state index contributed by atoms with van der Waals surface area (Å²) in [7, 11) is 0. The normalized spacial score (nSPS) is 12.5. The Morgan fingerprint density at radius 3 is 1.70 bits per heavy atom. The molecule has 194 valence electrons. The van der Waals surface area contributed by atoms with Crippen LogP contribution < -0.4 is 9.47 Å². The van der Waals surface area contributed by atoms with Gasteiger partial charge in [-0.1, -0.05) is 6.58 Å². The number of benzene rings is 2. The summed E-state index contributed by atoms with van der Waals surface area (Å²) in [5.74, 6) is 0.924. The van der Waals surface area contributed by atoms with Gasteiger partial charge >= 0.3 is 17.9 Å². The van der Waals surface area contributed by atoms with Crippen molar-refractivity contribution in [3.05, 3.63) is 96.0 Å². The van der Waals surface area contributed by atoms with Crippen LogP contribution in [-0.4, -0.2) is 37.7 Å². The van der Waals surface area contributed by atoms with E-state index in [1.807, 2.05) is 6.92 Å². The van der Waals surface area contributed by atoms with E-state index in [1.165, 1.54) is 0 Å². The van der Waals surface area contributed by atoms with Crippen LogP contribution in [0.5, 0.6) is 11.5 Å². The number of hydrogen-bond acceptors (Lipinski definition) is 8. The maximum atomic E-state index is 12.5. The van der Waals surface area contributed by atoms with E-state index in [-0.39, 0.29) is 0 Å². The second-order valence-electron chi connectivity index (χ2n) is 7.95. The van der Waals surface area contributed by atoms with Gasteiger partial charge in [0.1, 0.15) is 23.0 Å². The second-order valence-corrected chi connectivity index (χ2v) is 7.95. The number of unbranched alkanes of at least 4 members (excludes halogenated alkanes) is 1. The van der Waals surface area contributed by atoms with E-state index in [4.69, 9.17) is 23.7 Å². The van der Waals surface area contributed by atoms with Crippen molar-refractivity contribution < 1.29 is 38.1 Å². The quantitative estimate of drug-likeness (QED) is 0.151. The fourth-order valence-corrected chi connectivity index (χ4v) is 3.29. The number of hydrogen-bond donors (Lipinski definition) is 0. The predicted octanol–water partition coefficient (Wildman–Crippen LogP) is 5.55. The number of ether oxygens (including phenoxy) is 5. The monoisotopic (exact) mass is 506 g/mol. The Bertz CT molecular complexity index is 1140. The van der Waals surface area contributed by atoms with E-state index in [1.54, 1.807) is 60.7 Å². The van der Waals surface area contributed by atoms with Crippen LogP contribution in [0.25, 0.3) is 0 Å². The first kappa shape index (κ1) is 27.3. The lowest BCUT2D eigenvalue weighted by molar-refractivity contribution is -0.137. The Labute approximate surface area is 216 Å². The minimum absolute atomic E-state index is 0.316. The highest BCUT2D eigenvalue weighted by molar-refractivity contribution is 5.91.